The minimum atomic E-state index is -5.57. The van der Waals surface area contributed by atoms with Gasteiger partial charge in [0.05, 0.1) is 0 Å². The summed E-state index contributed by atoms with van der Waals surface area (Å²) in [6.45, 7) is 0. The van der Waals surface area contributed by atoms with Gasteiger partial charge in [-0.25, -0.2) is 0 Å². The van der Waals surface area contributed by atoms with Gasteiger partial charge in [0, 0.05) is 0 Å². The molecule has 0 saturated heterocycles. The van der Waals surface area contributed by atoms with E-state index in [-0.39, 0.29) is 19.8 Å². The van der Waals surface area contributed by atoms with Crippen molar-refractivity contribution in [3.8, 4) is 0 Å². The zero-order valence-corrected chi connectivity index (χ0v) is 8.29. The zero-order valence-electron chi connectivity index (χ0n) is 3.97. The monoisotopic (exact) mass is 224 g/mol. The predicted octanol–water partition coefficient (Wildman–Crippen LogP) is -4.84. The molecule has 0 rings (SSSR count). The first-order valence-electron chi connectivity index (χ1n) is 1.36. The molecule has 0 spiro atoms. The van der Waals surface area contributed by atoms with Crippen molar-refractivity contribution < 1.29 is 28.1 Å². The summed E-state index contributed by atoms with van der Waals surface area (Å²) in [4.78, 5) is 37.3. The van der Waals surface area contributed by atoms with E-state index in [2.05, 4.69) is 4.21 Å². The molecule has 0 aromatic heterocycles. The summed E-state index contributed by atoms with van der Waals surface area (Å²) in [5.41, 5.74) is 0. The second-order valence-corrected chi connectivity index (χ2v) is 2.99. The molecule has 0 fully saturated rings. The number of rotatable bonds is 2. The quantitative estimate of drug-likeness (QED) is 0.343. The molecule has 0 aromatic rings. The van der Waals surface area contributed by atoms with Gasteiger partial charge in [-0.3, -0.25) is 4.21 Å². The Morgan fingerprint density at radius 3 is 1.67 bits per heavy atom. The minimum Gasteiger partial charge on any atom is -0.857 e. The van der Waals surface area contributed by atoms with E-state index in [0.29, 0.717) is 0 Å². The van der Waals surface area contributed by atoms with Crippen molar-refractivity contribution in [3.63, 3.8) is 0 Å². The van der Waals surface area contributed by atoms with Gasteiger partial charge < -0.3 is 19.3 Å². The Bertz CT molecular complexity index is 95.7. The second kappa shape index (κ2) is 4.55. The van der Waals surface area contributed by atoms with Crippen LogP contribution in [0.3, 0.4) is 0 Å². The van der Waals surface area contributed by atoms with Gasteiger partial charge in [-0.1, -0.05) is 0 Å². The van der Waals surface area contributed by atoms with Gasteiger partial charge in [-0.2, -0.15) is 0 Å². The molecular formula is GaO6PSi. The van der Waals surface area contributed by atoms with Crippen LogP contribution in [-0.2, 0) is 8.78 Å². The average molecular weight is 225 g/mol. The van der Waals surface area contributed by atoms with Crippen LogP contribution >= 0.6 is 8.25 Å². The second-order valence-electron chi connectivity index (χ2n) is 0.815. The summed E-state index contributed by atoms with van der Waals surface area (Å²) in [5, 5.41) is 0. The Labute approximate surface area is 65.6 Å². The predicted molar refractivity (Wildman–Crippen MR) is 20.2 cm³/mol. The van der Waals surface area contributed by atoms with Gasteiger partial charge >= 0.3 is 28.0 Å². The Morgan fingerprint density at radius 2 is 1.67 bits per heavy atom. The third-order valence-corrected chi connectivity index (χ3v) is 1.68. The Hall–Kier alpha value is 0.753. The first-order valence-corrected chi connectivity index (χ1v) is 4.09. The maximum atomic E-state index is 9.34. The zero-order chi connectivity index (χ0) is 6.78. The summed E-state index contributed by atoms with van der Waals surface area (Å²) in [7, 11) is -9.13. The van der Waals surface area contributed by atoms with Crippen molar-refractivity contribution in [2.24, 2.45) is 0 Å². The van der Waals surface area contributed by atoms with E-state index >= 15 is 0 Å². The van der Waals surface area contributed by atoms with Crippen LogP contribution in [-0.4, -0.2) is 28.8 Å². The maximum Gasteiger partial charge on any atom is 3.00 e. The molecule has 48 valence electrons. The normalized spacial score (nSPS) is 12.2. The molecule has 1 atom stereocenters. The summed E-state index contributed by atoms with van der Waals surface area (Å²) in [6.07, 6.45) is 0. The Kier molecular flexibility index (Phi) is 6.29. The van der Waals surface area contributed by atoms with Gasteiger partial charge in [0.2, 0.25) is 0 Å². The molecule has 1 unspecified atom stereocenters. The smallest absolute Gasteiger partial charge is 0.857 e. The van der Waals surface area contributed by atoms with Crippen LogP contribution in [0.2, 0.25) is 0 Å². The van der Waals surface area contributed by atoms with E-state index in [9.17, 15) is 23.8 Å². The van der Waals surface area contributed by atoms with Crippen LogP contribution in [0.4, 0.5) is 0 Å². The van der Waals surface area contributed by atoms with E-state index in [0.717, 1.165) is 0 Å². The number of hydrogen-bond donors (Lipinski definition) is 0. The Morgan fingerprint density at radius 1 is 1.33 bits per heavy atom. The first kappa shape index (κ1) is 12.4. The van der Waals surface area contributed by atoms with Crippen molar-refractivity contribution in [2.45, 2.75) is 0 Å². The van der Waals surface area contributed by atoms with Crippen molar-refractivity contribution in [1.82, 2.24) is 0 Å². The molecule has 0 heterocycles. The van der Waals surface area contributed by atoms with E-state index in [1.807, 2.05) is 0 Å². The summed E-state index contributed by atoms with van der Waals surface area (Å²) >= 11 is 0. The van der Waals surface area contributed by atoms with Crippen LogP contribution in [0, 0.1) is 0 Å². The van der Waals surface area contributed by atoms with Crippen LogP contribution < -0.4 is 19.3 Å². The van der Waals surface area contributed by atoms with Crippen LogP contribution in [0.1, 0.15) is 0 Å². The SMILES string of the molecule is O=[P+]([O-])O[Si]([O-])([O-])[O-].[Ga+3]. The molecule has 0 amide bonds. The molecule has 9 heteroatoms. The molecule has 0 radical (unpaired) electrons. The van der Waals surface area contributed by atoms with Gasteiger partial charge in [0.1, 0.15) is 0 Å². The molecule has 0 aliphatic heterocycles. The van der Waals surface area contributed by atoms with Gasteiger partial charge in [0.25, 0.3) is 0 Å². The maximum absolute atomic E-state index is 9.34. The van der Waals surface area contributed by atoms with Crippen LogP contribution in [0.15, 0.2) is 0 Å². The van der Waals surface area contributed by atoms with Crippen molar-refractivity contribution in [2.75, 3.05) is 0 Å². The molecule has 0 bridgehead atoms. The molecule has 0 saturated carbocycles. The third-order valence-electron chi connectivity index (χ3n) is 0.186. The Balaban J connectivity index is 0. The molecule has 0 aliphatic rings. The topological polar surface area (TPSA) is 119 Å². The molecule has 6 nitrogen and oxygen atoms in total. The van der Waals surface area contributed by atoms with Crippen molar-refractivity contribution >= 4 is 37.1 Å². The average Bonchev–Trinajstić information content (AvgIpc) is 1.21. The fourth-order valence-electron chi connectivity index (χ4n) is 0.0913. The van der Waals surface area contributed by atoms with E-state index in [1.54, 1.807) is 0 Å². The summed E-state index contributed by atoms with van der Waals surface area (Å²) in [5.74, 6) is 0. The van der Waals surface area contributed by atoms with E-state index < -0.39 is 17.3 Å². The fraction of sp³-hybridized carbons (Fsp3) is 0. The van der Waals surface area contributed by atoms with Crippen molar-refractivity contribution in [3.05, 3.63) is 0 Å². The molecule has 0 aromatic carbocycles. The third kappa shape index (κ3) is 12.1. The molecular weight excluding hydrogens is 225 g/mol. The molecule has 0 N–H and O–H groups in total. The van der Waals surface area contributed by atoms with Crippen molar-refractivity contribution in [1.29, 1.82) is 0 Å². The molecule has 0 aliphatic carbocycles. The summed E-state index contributed by atoms with van der Waals surface area (Å²) < 4.78 is 12.1. The summed E-state index contributed by atoms with van der Waals surface area (Å²) in [6, 6.07) is 0. The van der Waals surface area contributed by atoms with E-state index in [1.165, 1.54) is 0 Å². The minimum absolute atomic E-state index is 0. The standard InChI is InChI=1S/Ga.O6PSi/c;1-7(2)6-8(3,4)5/q+3;-3. The largest absolute Gasteiger partial charge is 3.00 e. The molecule has 9 heavy (non-hydrogen) atoms. The van der Waals surface area contributed by atoms with Gasteiger partial charge in [0.15, 0.2) is 0 Å². The van der Waals surface area contributed by atoms with E-state index in [4.69, 9.17) is 0 Å². The van der Waals surface area contributed by atoms with Gasteiger partial charge in [-0.15, -0.1) is 0 Å². The first-order chi connectivity index (χ1) is 3.42. The fourth-order valence-corrected chi connectivity index (χ4v) is 0.822. The van der Waals surface area contributed by atoms with Gasteiger partial charge in [-0.05, 0) is 13.6 Å². The number of hydrogen-bond acceptors (Lipinski definition) is 6. The van der Waals surface area contributed by atoms with Crippen LogP contribution in [0.5, 0.6) is 0 Å². The van der Waals surface area contributed by atoms with Crippen LogP contribution in [0.25, 0.3) is 0 Å².